The summed E-state index contributed by atoms with van der Waals surface area (Å²) < 4.78 is 25.2. The number of hydrogen-bond donors (Lipinski definition) is 0. The van der Waals surface area contributed by atoms with Crippen LogP contribution in [0.2, 0.25) is 0 Å². The van der Waals surface area contributed by atoms with E-state index in [1.54, 1.807) is 35.9 Å². The highest BCUT2D eigenvalue weighted by Crippen LogP contribution is 2.31. The van der Waals surface area contributed by atoms with Crippen molar-refractivity contribution in [1.82, 2.24) is 14.7 Å². The van der Waals surface area contributed by atoms with Gasteiger partial charge in [0.25, 0.3) is 5.91 Å². The van der Waals surface area contributed by atoms with Crippen molar-refractivity contribution < 1.29 is 18.7 Å². The standard InChI is InChI=1S/C19H22FN3O3S/c1-13-16-12-17(18(24)22(8-10-25-2)9-11-26-3)27-19(16)23(21-13)15-6-4-14(20)5-7-15/h4-7,12H,8-11H2,1-3H3. The van der Waals surface area contributed by atoms with Gasteiger partial charge in [-0.3, -0.25) is 4.79 Å². The highest BCUT2D eigenvalue weighted by molar-refractivity contribution is 7.20. The molecule has 0 bridgehead atoms. The number of methoxy groups -OCH3 is 2. The topological polar surface area (TPSA) is 56.6 Å². The average Bonchev–Trinajstić information content (AvgIpc) is 3.23. The van der Waals surface area contributed by atoms with Gasteiger partial charge in [0, 0.05) is 32.7 Å². The lowest BCUT2D eigenvalue weighted by molar-refractivity contribution is 0.0632. The summed E-state index contributed by atoms with van der Waals surface area (Å²) in [5.74, 6) is -0.358. The molecule has 0 saturated heterocycles. The van der Waals surface area contributed by atoms with E-state index in [1.807, 2.05) is 13.0 Å². The zero-order chi connectivity index (χ0) is 19.4. The van der Waals surface area contributed by atoms with E-state index in [2.05, 4.69) is 5.10 Å². The number of benzene rings is 1. The van der Waals surface area contributed by atoms with E-state index >= 15 is 0 Å². The van der Waals surface area contributed by atoms with Gasteiger partial charge in [-0.25, -0.2) is 9.07 Å². The maximum absolute atomic E-state index is 13.2. The molecule has 1 amide bonds. The van der Waals surface area contributed by atoms with Gasteiger partial charge in [-0.05, 0) is 37.3 Å². The van der Waals surface area contributed by atoms with E-state index in [1.165, 1.54) is 23.5 Å². The molecule has 0 spiro atoms. The van der Waals surface area contributed by atoms with Crippen LogP contribution in [0.5, 0.6) is 0 Å². The number of fused-ring (bicyclic) bond motifs is 1. The third-order valence-electron chi connectivity index (χ3n) is 4.24. The van der Waals surface area contributed by atoms with Crippen molar-refractivity contribution in [2.75, 3.05) is 40.5 Å². The molecule has 3 rings (SSSR count). The van der Waals surface area contributed by atoms with Crippen molar-refractivity contribution in [3.63, 3.8) is 0 Å². The number of nitrogens with zero attached hydrogens (tertiary/aromatic N) is 3. The molecule has 144 valence electrons. The van der Waals surface area contributed by atoms with Crippen molar-refractivity contribution in [3.05, 3.63) is 46.7 Å². The molecule has 0 atom stereocenters. The highest BCUT2D eigenvalue weighted by atomic mass is 32.1. The number of aromatic nitrogens is 2. The number of amides is 1. The maximum atomic E-state index is 13.2. The smallest absolute Gasteiger partial charge is 0.264 e. The zero-order valence-corrected chi connectivity index (χ0v) is 16.4. The maximum Gasteiger partial charge on any atom is 0.264 e. The minimum atomic E-state index is -0.298. The van der Waals surface area contributed by atoms with Crippen LogP contribution in [0.1, 0.15) is 15.4 Å². The van der Waals surface area contributed by atoms with Gasteiger partial charge in [-0.1, -0.05) is 0 Å². The second kappa shape index (κ2) is 8.60. The summed E-state index contributed by atoms with van der Waals surface area (Å²) in [6.45, 7) is 3.81. The van der Waals surface area contributed by atoms with Crippen molar-refractivity contribution in [3.8, 4) is 5.69 Å². The van der Waals surface area contributed by atoms with E-state index in [0.29, 0.717) is 31.2 Å². The lowest BCUT2D eigenvalue weighted by atomic mass is 10.3. The largest absolute Gasteiger partial charge is 0.383 e. The number of carbonyl (C=O) groups excluding carboxylic acids is 1. The Kier molecular flexibility index (Phi) is 6.20. The van der Waals surface area contributed by atoms with Gasteiger partial charge in [0.1, 0.15) is 10.6 Å². The number of ether oxygens (including phenoxy) is 2. The monoisotopic (exact) mass is 391 g/mol. The molecular weight excluding hydrogens is 369 g/mol. The van der Waals surface area contributed by atoms with Gasteiger partial charge in [-0.2, -0.15) is 5.10 Å². The van der Waals surface area contributed by atoms with Crippen LogP contribution in [0.3, 0.4) is 0 Å². The predicted molar refractivity (Wildman–Crippen MR) is 103 cm³/mol. The highest BCUT2D eigenvalue weighted by Gasteiger charge is 2.21. The fourth-order valence-electron chi connectivity index (χ4n) is 2.78. The van der Waals surface area contributed by atoms with E-state index < -0.39 is 0 Å². The third-order valence-corrected chi connectivity index (χ3v) is 5.34. The van der Waals surface area contributed by atoms with Gasteiger partial charge < -0.3 is 14.4 Å². The zero-order valence-electron chi connectivity index (χ0n) is 15.6. The Morgan fingerprint density at radius 2 is 1.81 bits per heavy atom. The minimum absolute atomic E-state index is 0.0599. The number of thiophene rings is 1. The molecule has 0 unspecified atom stereocenters. The number of carbonyl (C=O) groups is 1. The van der Waals surface area contributed by atoms with Crippen LogP contribution < -0.4 is 0 Å². The second-order valence-corrected chi connectivity index (χ2v) is 7.11. The van der Waals surface area contributed by atoms with Crippen molar-refractivity contribution >= 4 is 27.5 Å². The first-order valence-electron chi connectivity index (χ1n) is 8.57. The molecule has 0 aliphatic rings. The summed E-state index contributed by atoms with van der Waals surface area (Å²) in [5, 5.41) is 5.46. The Morgan fingerprint density at radius 3 is 2.41 bits per heavy atom. The molecule has 0 N–H and O–H groups in total. The van der Waals surface area contributed by atoms with E-state index in [4.69, 9.17) is 9.47 Å². The fourth-order valence-corrected chi connectivity index (χ4v) is 3.93. The molecule has 0 fully saturated rings. The minimum Gasteiger partial charge on any atom is -0.383 e. The molecular formula is C19H22FN3O3S. The molecule has 3 aromatic rings. The summed E-state index contributed by atoms with van der Waals surface area (Å²) in [5.41, 5.74) is 1.58. The quantitative estimate of drug-likeness (QED) is 0.591. The van der Waals surface area contributed by atoms with Crippen LogP contribution in [0.4, 0.5) is 4.39 Å². The van der Waals surface area contributed by atoms with Crippen molar-refractivity contribution in [2.24, 2.45) is 0 Å². The lowest BCUT2D eigenvalue weighted by Crippen LogP contribution is -2.36. The van der Waals surface area contributed by atoms with E-state index in [0.717, 1.165) is 21.6 Å². The summed E-state index contributed by atoms with van der Waals surface area (Å²) in [6.07, 6.45) is 0. The molecule has 6 nitrogen and oxygen atoms in total. The second-order valence-electron chi connectivity index (χ2n) is 6.08. The fraction of sp³-hybridized carbons (Fsp3) is 0.368. The molecule has 2 aromatic heterocycles. The first-order valence-corrected chi connectivity index (χ1v) is 9.39. The van der Waals surface area contributed by atoms with Gasteiger partial charge in [-0.15, -0.1) is 11.3 Å². The van der Waals surface area contributed by atoms with Crippen LogP contribution in [0.15, 0.2) is 30.3 Å². The Morgan fingerprint density at radius 1 is 1.19 bits per heavy atom. The Bertz CT molecular complexity index is 912. The van der Waals surface area contributed by atoms with Gasteiger partial charge >= 0.3 is 0 Å². The normalized spacial score (nSPS) is 11.3. The Balaban J connectivity index is 1.94. The number of aryl methyl sites for hydroxylation is 1. The molecule has 8 heteroatoms. The van der Waals surface area contributed by atoms with E-state index in [-0.39, 0.29) is 11.7 Å². The molecule has 0 aliphatic heterocycles. The third kappa shape index (κ3) is 4.18. The number of rotatable bonds is 8. The lowest BCUT2D eigenvalue weighted by Gasteiger charge is -2.21. The molecule has 1 aromatic carbocycles. The summed E-state index contributed by atoms with van der Waals surface area (Å²) in [4.78, 5) is 16.2. The molecule has 0 saturated carbocycles. The average molecular weight is 391 g/mol. The summed E-state index contributed by atoms with van der Waals surface area (Å²) >= 11 is 1.38. The van der Waals surface area contributed by atoms with Crippen LogP contribution in [-0.4, -0.2) is 61.1 Å². The first-order chi connectivity index (χ1) is 13.0. The SMILES string of the molecule is COCCN(CCOC)C(=O)c1cc2c(C)nn(-c3ccc(F)cc3)c2s1. The molecule has 0 aliphatic carbocycles. The van der Waals surface area contributed by atoms with Crippen LogP contribution in [-0.2, 0) is 9.47 Å². The molecule has 2 heterocycles. The van der Waals surface area contributed by atoms with Gasteiger partial charge in [0.05, 0.1) is 29.5 Å². The van der Waals surface area contributed by atoms with Crippen molar-refractivity contribution in [2.45, 2.75) is 6.92 Å². The van der Waals surface area contributed by atoms with Crippen LogP contribution in [0, 0.1) is 12.7 Å². The Labute approximate surface area is 161 Å². The van der Waals surface area contributed by atoms with E-state index in [9.17, 15) is 9.18 Å². The van der Waals surface area contributed by atoms with Gasteiger partial charge in [0.2, 0.25) is 0 Å². The summed E-state index contributed by atoms with van der Waals surface area (Å²) in [6, 6.07) is 8.01. The van der Waals surface area contributed by atoms with Gasteiger partial charge in [0.15, 0.2) is 0 Å². The molecule has 27 heavy (non-hydrogen) atoms. The first kappa shape index (κ1) is 19.5. The number of hydrogen-bond acceptors (Lipinski definition) is 5. The van der Waals surface area contributed by atoms with Crippen LogP contribution in [0.25, 0.3) is 15.9 Å². The predicted octanol–water partition coefficient (Wildman–Crippen LogP) is 3.27. The van der Waals surface area contributed by atoms with Crippen LogP contribution >= 0.6 is 11.3 Å². The Hall–Kier alpha value is -2.29. The number of halogens is 1. The van der Waals surface area contributed by atoms with Crippen molar-refractivity contribution in [1.29, 1.82) is 0 Å². The summed E-state index contributed by atoms with van der Waals surface area (Å²) in [7, 11) is 3.22. The molecule has 0 radical (unpaired) electrons.